The van der Waals surface area contributed by atoms with Crippen LogP contribution >= 0.6 is 0 Å². The van der Waals surface area contributed by atoms with Crippen molar-refractivity contribution in [3.63, 3.8) is 0 Å². The van der Waals surface area contributed by atoms with Gasteiger partial charge < -0.3 is 14.0 Å². The summed E-state index contributed by atoms with van der Waals surface area (Å²) >= 11 is 0. The largest absolute Gasteiger partial charge is 0.508 e. The minimum atomic E-state index is -2.47. The van der Waals surface area contributed by atoms with Gasteiger partial charge in [0.05, 0.1) is 0 Å². The standard InChI is InChI=1S/C13H22O3Si/c1-4-11-17(15-5-2,16-6-3)13-10-8-7-9-12(13)14/h7-10,14H,4-6,11H2,1-3H3. The van der Waals surface area contributed by atoms with Crippen LogP contribution in [0.1, 0.15) is 27.2 Å². The van der Waals surface area contributed by atoms with Crippen molar-refractivity contribution < 1.29 is 14.0 Å². The third-order valence-electron chi connectivity index (χ3n) is 2.65. The van der Waals surface area contributed by atoms with Gasteiger partial charge in [0.25, 0.3) is 0 Å². The number of aromatic hydroxyl groups is 1. The van der Waals surface area contributed by atoms with Gasteiger partial charge in [0.15, 0.2) is 0 Å². The maximum Gasteiger partial charge on any atom is 0.376 e. The van der Waals surface area contributed by atoms with Crippen LogP contribution in [-0.2, 0) is 8.85 Å². The fraction of sp³-hybridized carbons (Fsp3) is 0.538. The normalized spacial score (nSPS) is 11.7. The summed E-state index contributed by atoms with van der Waals surface area (Å²) in [5.74, 6) is 0.287. The Morgan fingerprint density at radius 2 is 1.65 bits per heavy atom. The number of para-hydroxylation sites is 1. The molecule has 0 saturated carbocycles. The van der Waals surface area contributed by atoms with E-state index in [9.17, 15) is 5.11 Å². The molecule has 0 spiro atoms. The van der Waals surface area contributed by atoms with Gasteiger partial charge in [0, 0.05) is 18.4 Å². The van der Waals surface area contributed by atoms with Gasteiger partial charge in [-0.1, -0.05) is 31.5 Å². The first-order valence-corrected chi connectivity index (χ1v) is 8.29. The predicted octanol–water partition coefficient (Wildman–Crippen LogP) is 2.52. The first kappa shape index (κ1) is 14.2. The van der Waals surface area contributed by atoms with Crippen LogP contribution in [0.5, 0.6) is 5.75 Å². The molecule has 96 valence electrons. The van der Waals surface area contributed by atoms with Crippen molar-refractivity contribution in [1.82, 2.24) is 0 Å². The molecule has 17 heavy (non-hydrogen) atoms. The van der Waals surface area contributed by atoms with Crippen LogP contribution in [0.15, 0.2) is 24.3 Å². The zero-order chi connectivity index (χ0) is 12.7. The van der Waals surface area contributed by atoms with Gasteiger partial charge in [-0.25, -0.2) is 0 Å². The van der Waals surface area contributed by atoms with Crippen molar-refractivity contribution in [2.45, 2.75) is 33.2 Å². The minimum Gasteiger partial charge on any atom is -0.508 e. The third kappa shape index (κ3) is 3.31. The predicted molar refractivity (Wildman–Crippen MR) is 71.8 cm³/mol. The monoisotopic (exact) mass is 254 g/mol. The summed E-state index contributed by atoms with van der Waals surface area (Å²) < 4.78 is 11.9. The van der Waals surface area contributed by atoms with Gasteiger partial charge in [-0.3, -0.25) is 0 Å². The van der Waals surface area contributed by atoms with Crippen molar-refractivity contribution in [3.8, 4) is 5.75 Å². The summed E-state index contributed by atoms with van der Waals surface area (Å²) in [6.45, 7) is 7.27. The average molecular weight is 254 g/mol. The van der Waals surface area contributed by atoms with E-state index >= 15 is 0 Å². The SMILES string of the molecule is CCC[Si](OCC)(OCC)c1ccccc1O. The summed E-state index contributed by atoms with van der Waals surface area (Å²) in [4.78, 5) is 0. The van der Waals surface area contributed by atoms with Gasteiger partial charge in [-0.15, -0.1) is 0 Å². The first-order chi connectivity index (χ1) is 8.20. The molecule has 1 aromatic carbocycles. The highest BCUT2D eigenvalue weighted by Crippen LogP contribution is 2.21. The molecular formula is C13H22O3Si. The zero-order valence-electron chi connectivity index (χ0n) is 10.9. The van der Waals surface area contributed by atoms with E-state index in [2.05, 4.69) is 6.92 Å². The van der Waals surface area contributed by atoms with Crippen molar-refractivity contribution in [2.75, 3.05) is 13.2 Å². The number of rotatable bonds is 7. The molecule has 1 aromatic rings. The molecule has 0 aliphatic rings. The second kappa shape index (κ2) is 6.79. The fourth-order valence-electron chi connectivity index (χ4n) is 2.07. The van der Waals surface area contributed by atoms with Gasteiger partial charge in [-0.2, -0.15) is 0 Å². The highest BCUT2D eigenvalue weighted by Gasteiger charge is 2.40. The number of hydrogen-bond acceptors (Lipinski definition) is 3. The molecule has 0 aromatic heterocycles. The Labute approximate surface area is 105 Å². The molecule has 4 heteroatoms. The van der Waals surface area contributed by atoms with Crippen molar-refractivity contribution in [3.05, 3.63) is 24.3 Å². The van der Waals surface area contributed by atoms with Crippen LogP contribution in [0.4, 0.5) is 0 Å². The van der Waals surface area contributed by atoms with Crippen LogP contribution < -0.4 is 5.19 Å². The quantitative estimate of drug-likeness (QED) is 0.760. The molecule has 1 rings (SSSR count). The van der Waals surface area contributed by atoms with Crippen LogP contribution in [0, 0.1) is 0 Å². The Bertz CT molecular complexity index is 324. The molecule has 0 heterocycles. The Morgan fingerprint density at radius 1 is 1.06 bits per heavy atom. The molecule has 0 radical (unpaired) electrons. The van der Waals surface area contributed by atoms with Crippen LogP contribution in [0.3, 0.4) is 0 Å². The summed E-state index contributed by atoms with van der Waals surface area (Å²) in [6, 6.07) is 8.23. The summed E-state index contributed by atoms with van der Waals surface area (Å²) in [6.07, 6.45) is 0.987. The van der Waals surface area contributed by atoms with Gasteiger partial charge in [0.2, 0.25) is 0 Å². The number of hydrogen-bond donors (Lipinski definition) is 1. The Hall–Kier alpha value is -0.843. The lowest BCUT2D eigenvalue weighted by Crippen LogP contribution is -2.53. The number of phenols is 1. The molecule has 0 aliphatic carbocycles. The lowest BCUT2D eigenvalue weighted by atomic mass is 10.3. The highest BCUT2D eigenvalue weighted by molar-refractivity contribution is 6.81. The Kier molecular flexibility index (Phi) is 5.68. The van der Waals surface area contributed by atoms with Crippen LogP contribution in [0.25, 0.3) is 0 Å². The lowest BCUT2D eigenvalue weighted by Gasteiger charge is -2.30. The van der Waals surface area contributed by atoms with Crippen LogP contribution in [-0.4, -0.2) is 26.9 Å². The summed E-state index contributed by atoms with van der Waals surface area (Å²) in [5.41, 5.74) is 0. The van der Waals surface area contributed by atoms with E-state index < -0.39 is 8.56 Å². The second-order valence-electron chi connectivity index (χ2n) is 3.89. The van der Waals surface area contributed by atoms with E-state index in [-0.39, 0.29) is 5.75 Å². The molecule has 0 aliphatic heterocycles. The molecular weight excluding hydrogens is 232 g/mol. The third-order valence-corrected chi connectivity index (χ3v) is 6.56. The Morgan fingerprint density at radius 3 is 2.12 bits per heavy atom. The highest BCUT2D eigenvalue weighted by atomic mass is 28.4. The van der Waals surface area contributed by atoms with Crippen molar-refractivity contribution in [2.24, 2.45) is 0 Å². The molecule has 1 N–H and O–H groups in total. The van der Waals surface area contributed by atoms with E-state index in [0.717, 1.165) is 17.7 Å². The van der Waals surface area contributed by atoms with Gasteiger partial charge in [0.1, 0.15) is 5.75 Å². The summed E-state index contributed by atoms with van der Waals surface area (Å²) in [7, 11) is -2.47. The molecule has 0 atom stereocenters. The van der Waals surface area contributed by atoms with E-state index in [1.807, 2.05) is 32.0 Å². The van der Waals surface area contributed by atoms with E-state index in [1.165, 1.54) is 0 Å². The maximum atomic E-state index is 10.0. The zero-order valence-corrected chi connectivity index (χ0v) is 11.9. The maximum absolute atomic E-state index is 10.0. The topological polar surface area (TPSA) is 38.7 Å². The number of phenolic OH excluding ortho intramolecular Hbond substituents is 1. The van der Waals surface area contributed by atoms with Crippen LogP contribution in [0.2, 0.25) is 6.04 Å². The van der Waals surface area contributed by atoms with E-state index in [1.54, 1.807) is 6.07 Å². The molecule has 0 amide bonds. The first-order valence-electron chi connectivity index (χ1n) is 6.26. The molecule has 0 saturated heterocycles. The molecule has 0 fully saturated rings. The van der Waals surface area contributed by atoms with Crippen molar-refractivity contribution >= 4 is 13.7 Å². The van der Waals surface area contributed by atoms with E-state index in [0.29, 0.717) is 13.2 Å². The summed E-state index contributed by atoms with van der Waals surface area (Å²) in [5, 5.41) is 10.9. The van der Waals surface area contributed by atoms with Crippen molar-refractivity contribution in [1.29, 1.82) is 0 Å². The molecule has 0 unspecified atom stereocenters. The average Bonchev–Trinajstić information content (AvgIpc) is 2.30. The van der Waals surface area contributed by atoms with E-state index in [4.69, 9.17) is 8.85 Å². The van der Waals surface area contributed by atoms with Gasteiger partial charge in [-0.05, 0) is 26.0 Å². The van der Waals surface area contributed by atoms with Gasteiger partial charge >= 0.3 is 8.56 Å². The fourth-order valence-corrected chi connectivity index (χ4v) is 5.43. The minimum absolute atomic E-state index is 0.287. The lowest BCUT2D eigenvalue weighted by molar-refractivity contribution is 0.194. The smallest absolute Gasteiger partial charge is 0.376 e. The Balaban J connectivity index is 3.14. The number of benzene rings is 1. The molecule has 0 bridgehead atoms. The second-order valence-corrected chi connectivity index (χ2v) is 7.01. The molecule has 3 nitrogen and oxygen atoms in total.